The number of benzene rings is 1. The maximum Gasteiger partial charge on any atom is 0.409 e. The van der Waals surface area contributed by atoms with Crippen molar-refractivity contribution in [2.75, 3.05) is 49.1 Å². The first-order chi connectivity index (χ1) is 12.7. The van der Waals surface area contributed by atoms with Gasteiger partial charge in [0.2, 0.25) is 5.95 Å². The third-order valence-electron chi connectivity index (χ3n) is 4.28. The fourth-order valence-electron chi connectivity index (χ4n) is 2.94. The molecule has 138 valence electrons. The van der Waals surface area contributed by atoms with E-state index in [1.807, 2.05) is 42.2 Å². The number of amides is 1. The molecule has 8 nitrogen and oxygen atoms in total. The topological polar surface area (TPSA) is 74.7 Å². The highest BCUT2D eigenvalue weighted by Gasteiger charge is 2.24. The van der Waals surface area contributed by atoms with E-state index >= 15 is 0 Å². The van der Waals surface area contributed by atoms with Gasteiger partial charge in [0, 0.05) is 38.4 Å². The maximum atomic E-state index is 11.8. The quantitative estimate of drug-likeness (QED) is 0.814. The van der Waals surface area contributed by atoms with Gasteiger partial charge in [0.15, 0.2) is 5.82 Å². The van der Waals surface area contributed by atoms with E-state index in [4.69, 9.17) is 9.72 Å². The Morgan fingerprint density at radius 3 is 2.54 bits per heavy atom. The molecule has 0 bridgehead atoms. The molecule has 1 aliphatic heterocycles. The molecule has 1 amide bonds. The van der Waals surface area contributed by atoms with Gasteiger partial charge < -0.3 is 19.4 Å². The SMILES string of the molecule is CCOC(=O)N1CCN(c2nncc(N(CC)c3ccccc3)n2)CC1. The van der Waals surface area contributed by atoms with Crippen molar-refractivity contribution in [1.82, 2.24) is 20.1 Å². The van der Waals surface area contributed by atoms with Crippen molar-refractivity contribution in [3.05, 3.63) is 36.5 Å². The predicted molar refractivity (Wildman–Crippen MR) is 99.8 cm³/mol. The van der Waals surface area contributed by atoms with Gasteiger partial charge in [-0.1, -0.05) is 18.2 Å². The van der Waals surface area contributed by atoms with Crippen molar-refractivity contribution >= 4 is 23.5 Å². The Balaban J connectivity index is 1.71. The Morgan fingerprint density at radius 2 is 1.88 bits per heavy atom. The predicted octanol–water partition coefficient (Wildman–Crippen LogP) is 2.31. The van der Waals surface area contributed by atoms with E-state index in [1.165, 1.54) is 0 Å². The van der Waals surface area contributed by atoms with Crippen LogP contribution in [0.25, 0.3) is 0 Å². The number of carbonyl (C=O) groups excluding carboxylic acids is 1. The Kier molecular flexibility index (Phi) is 5.83. The van der Waals surface area contributed by atoms with Gasteiger partial charge >= 0.3 is 6.09 Å². The first-order valence-electron chi connectivity index (χ1n) is 8.92. The van der Waals surface area contributed by atoms with E-state index in [9.17, 15) is 4.79 Å². The zero-order valence-electron chi connectivity index (χ0n) is 15.2. The summed E-state index contributed by atoms with van der Waals surface area (Å²) < 4.78 is 5.05. The second-order valence-electron chi connectivity index (χ2n) is 5.87. The Labute approximate surface area is 153 Å². The van der Waals surface area contributed by atoms with Gasteiger partial charge in [0.05, 0.1) is 12.8 Å². The number of para-hydroxylation sites is 1. The molecule has 0 aliphatic carbocycles. The number of anilines is 3. The lowest BCUT2D eigenvalue weighted by Crippen LogP contribution is -2.49. The van der Waals surface area contributed by atoms with Crippen LogP contribution < -0.4 is 9.80 Å². The molecule has 1 aromatic carbocycles. The Hall–Kier alpha value is -2.90. The molecule has 2 heterocycles. The van der Waals surface area contributed by atoms with Crippen LogP contribution in [0.4, 0.5) is 22.2 Å². The van der Waals surface area contributed by atoms with Gasteiger partial charge in [-0.3, -0.25) is 0 Å². The lowest BCUT2D eigenvalue weighted by molar-refractivity contribution is 0.105. The molecule has 0 atom stereocenters. The van der Waals surface area contributed by atoms with Crippen LogP contribution in [-0.4, -0.2) is 65.5 Å². The zero-order chi connectivity index (χ0) is 18.4. The molecule has 0 N–H and O–H groups in total. The zero-order valence-corrected chi connectivity index (χ0v) is 15.2. The van der Waals surface area contributed by atoms with Crippen LogP contribution in [0.2, 0.25) is 0 Å². The summed E-state index contributed by atoms with van der Waals surface area (Å²) in [5.41, 5.74) is 1.06. The van der Waals surface area contributed by atoms with Crippen LogP contribution in [0, 0.1) is 0 Å². The van der Waals surface area contributed by atoms with Gasteiger partial charge in [0.25, 0.3) is 0 Å². The second-order valence-corrected chi connectivity index (χ2v) is 5.87. The van der Waals surface area contributed by atoms with Crippen molar-refractivity contribution in [3.63, 3.8) is 0 Å². The molecule has 2 aromatic rings. The van der Waals surface area contributed by atoms with Crippen molar-refractivity contribution < 1.29 is 9.53 Å². The summed E-state index contributed by atoms with van der Waals surface area (Å²) in [6.07, 6.45) is 1.41. The van der Waals surface area contributed by atoms with Crippen molar-refractivity contribution in [2.24, 2.45) is 0 Å². The van der Waals surface area contributed by atoms with Gasteiger partial charge in [-0.2, -0.15) is 10.1 Å². The van der Waals surface area contributed by atoms with Gasteiger partial charge in [0.1, 0.15) is 0 Å². The second kappa shape index (κ2) is 8.46. The summed E-state index contributed by atoms with van der Waals surface area (Å²) in [5, 5.41) is 8.32. The van der Waals surface area contributed by atoms with E-state index in [2.05, 4.69) is 22.0 Å². The molecular weight excluding hydrogens is 332 g/mol. The molecule has 26 heavy (non-hydrogen) atoms. The molecule has 1 aromatic heterocycles. The van der Waals surface area contributed by atoms with E-state index in [-0.39, 0.29) is 6.09 Å². The minimum atomic E-state index is -0.263. The largest absolute Gasteiger partial charge is 0.450 e. The number of hydrogen-bond acceptors (Lipinski definition) is 7. The smallest absolute Gasteiger partial charge is 0.409 e. The maximum absolute atomic E-state index is 11.8. The Bertz CT molecular complexity index is 719. The molecule has 0 unspecified atom stereocenters. The van der Waals surface area contributed by atoms with Crippen molar-refractivity contribution in [3.8, 4) is 0 Å². The molecule has 0 radical (unpaired) electrons. The summed E-state index contributed by atoms with van der Waals surface area (Å²) >= 11 is 0. The summed E-state index contributed by atoms with van der Waals surface area (Å²) in [6.45, 7) is 7.53. The summed E-state index contributed by atoms with van der Waals surface area (Å²) in [6, 6.07) is 10.1. The van der Waals surface area contributed by atoms with Gasteiger partial charge in [-0.15, -0.1) is 5.10 Å². The minimum Gasteiger partial charge on any atom is -0.450 e. The average Bonchev–Trinajstić information content (AvgIpc) is 2.70. The van der Waals surface area contributed by atoms with Crippen LogP contribution in [0.3, 0.4) is 0 Å². The number of rotatable bonds is 5. The standard InChI is InChI=1S/C18H24N6O2/c1-3-24(15-8-6-5-7-9-15)16-14-19-21-17(20-16)22-10-12-23(13-11-22)18(25)26-4-2/h5-9,14H,3-4,10-13H2,1-2H3. The van der Waals surface area contributed by atoms with E-state index in [1.54, 1.807) is 11.1 Å². The number of carbonyl (C=O) groups is 1. The van der Waals surface area contributed by atoms with Crippen LogP contribution in [0.5, 0.6) is 0 Å². The molecule has 8 heteroatoms. The lowest BCUT2D eigenvalue weighted by atomic mass is 10.3. The third-order valence-corrected chi connectivity index (χ3v) is 4.28. The normalized spacial score (nSPS) is 14.2. The minimum absolute atomic E-state index is 0.263. The van der Waals surface area contributed by atoms with Crippen LogP contribution in [0.15, 0.2) is 36.5 Å². The van der Waals surface area contributed by atoms with Crippen LogP contribution in [-0.2, 0) is 4.74 Å². The highest BCUT2D eigenvalue weighted by molar-refractivity contribution is 5.68. The molecule has 0 saturated carbocycles. The van der Waals surface area contributed by atoms with Crippen LogP contribution >= 0.6 is 0 Å². The van der Waals surface area contributed by atoms with Crippen molar-refractivity contribution in [2.45, 2.75) is 13.8 Å². The highest BCUT2D eigenvalue weighted by atomic mass is 16.6. The van der Waals surface area contributed by atoms with Gasteiger partial charge in [-0.05, 0) is 26.0 Å². The fourth-order valence-corrected chi connectivity index (χ4v) is 2.94. The van der Waals surface area contributed by atoms with Gasteiger partial charge in [-0.25, -0.2) is 4.79 Å². The molecule has 0 spiro atoms. The van der Waals surface area contributed by atoms with E-state index in [0.717, 1.165) is 18.1 Å². The first-order valence-corrected chi connectivity index (χ1v) is 8.92. The lowest BCUT2D eigenvalue weighted by Gasteiger charge is -2.34. The average molecular weight is 356 g/mol. The summed E-state index contributed by atoms with van der Waals surface area (Å²) in [7, 11) is 0. The van der Waals surface area contributed by atoms with E-state index in [0.29, 0.717) is 38.7 Å². The molecule has 3 rings (SSSR count). The summed E-state index contributed by atoms with van der Waals surface area (Å²) in [5.74, 6) is 1.34. The van der Waals surface area contributed by atoms with E-state index < -0.39 is 0 Å². The number of piperazine rings is 1. The van der Waals surface area contributed by atoms with Crippen LogP contribution in [0.1, 0.15) is 13.8 Å². The van der Waals surface area contributed by atoms with Crippen molar-refractivity contribution in [1.29, 1.82) is 0 Å². The fraction of sp³-hybridized carbons (Fsp3) is 0.444. The molecule has 1 fully saturated rings. The number of ether oxygens (including phenoxy) is 1. The monoisotopic (exact) mass is 356 g/mol. The number of nitrogens with zero attached hydrogens (tertiary/aromatic N) is 6. The molecule has 1 aliphatic rings. The highest BCUT2D eigenvalue weighted by Crippen LogP contribution is 2.23. The number of hydrogen-bond donors (Lipinski definition) is 0. The molecular formula is C18H24N6O2. The molecule has 1 saturated heterocycles. The first kappa shape index (κ1) is 17.9. The third kappa shape index (κ3) is 4.01. The number of aromatic nitrogens is 3. The summed E-state index contributed by atoms with van der Waals surface area (Å²) in [4.78, 5) is 22.4. The Morgan fingerprint density at radius 1 is 1.15 bits per heavy atom.